The lowest BCUT2D eigenvalue weighted by Crippen LogP contribution is -2.40. The molecule has 2 aromatic carbocycles. The first-order valence-electron chi connectivity index (χ1n) is 11.5. The normalized spacial score (nSPS) is 15.6. The Hall–Kier alpha value is -2.83. The number of halogens is 1. The van der Waals surface area contributed by atoms with E-state index in [0.717, 1.165) is 48.9 Å². The fourth-order valence-corrected chi connectivity index (χ4v) is 6.31. The van der Waals surface area contributed by atoms with Gasteiger partial charge in [-0.2, -0.15) is 0 Å². The Morgan fingerprint density at radius 1 is 1.18 bits per heavy atom. The summed E-state index contributed by atoms with van der Waals surface area (Å²) in [5, 5.41) is 3.85. The number of hydrogen-bond donors (Lipinski definition) is 1. The van der Waals surface area contributed by atoms with Gasteiger partial charge in [-0.1, -0.05) is 78.7 Å². The fourth-order valence-electron chi connectivity index (χ4n) is 5.32. The molecular formula is C27H26ClN3O2S. The molecule has 174 valence electrons. The van der Waals surface area contributed by atoms with Crippen LogP contribution in [0, 0.1) is 0 Å². The summed E-state index contributed by atoms with van der Waals surface area (Å²) in [6.45, 7) is 4.20. The van der Waals surface area contributed by atoms with E-state index in [2.05, 4.69) is 30.1 Å². The second-order valence-electron chi connectivity index (χ2n) is 8.96. The van der Waals surface area contributed by atoms with Gasteiger partial charge < -0.3 is 5.32 Å². The van der Waals surface area contributed by atoms with Crippen molar-refractivity contribution in [1.82, 2.24) is 9.55 Å². The van der Waals surface area contributed by atoms with Gasteiger partial charge in [0.1, 0.15) is 0 Å². The van der Waals surface area contributed by atoms with Crippen LogP contribution < -0.4 is 10.9 Å². The molecule has 0 unspecified atom stereocenters. The van der Waals surface area contributed by atoms with Crippen LogP contribution >= 0.6 is 23.4 Å². The molecule has 7 heteroatoms. The molecule has 1 amide bonds. The van der Waals surface area contributed by atoms with Crippen molar-refractivity contribution < 1.29 is 4.79 Å². The van der Waals surface area contributed by atoms with Crippen molar-refractivity contribution in [3.63, 3.8) is 0 Å². The van der Waals surface area contributed by atoms with E-state index in [1.807, 2.05) is 18.2 Å². The molecule has 0 bridgehead atoms. The maximum Gasteiger partial charge on any atom is 0.258 e. The Kier molecular flexibility index (Phi) is 6.36. The molecule has 0 saturated heterocycles. The van der Waals surface area contributed by atoms with E-state index in [-0.39, 0.29) is 22.6 Å². The molecule has 0 aliphatic heterocycles. The van der Waals surface area contributed by atoms with E-state index in [4.69, 9.17) is 16.6 Å². The van der Waals surface area contributed by atoms with Crippen LogP contribution in [0.25, 0.3) is 11.3 Å². The van der Waals surface area contributed by atoms with E-state index < -0.39 is 0 Å². The van der Waals surface area contributed by atoms with Gasteiger partial charge in [0, 0.05) is 17.5 Å². The van der Waals surface area contributed by atoms with Crippen molar-refractivity contribution in [3.8, 4) is 11.3 Å². The van der Waals surface area contributed by atoms with Gasteiger partial charge in [0.25, 0.3) is 5.56 Å². The number of para-hydroxylation sites is 1. The first-order valence-corrected chi connectivity index (χ1v) is 12.9. The van der Waals surface area contributed by atoms with Crippen LogP contribution in [0.2, 0.25) is 5.02 Å². The highest BCUT2D eigenvalue weighted by molar-refractivity contribution is 7.99. The van der Waals surface area contributed by atoms with E-state index in [9.17, 15) is 9.59 Å². The lowest BCUT2D eigenvalue weighted by atomic mass is 9.68. The molecule has 1 heterocycles. The number of aromatic nitrogens is 2. The maximum atomic E-state index is 13.9. The fraction of sp³-hybridized carbons (Fsp3) is 0.296. The van der Waals surface area contributed by atoms with Crippen LogP contribution in [0.4, 0.5) is 5.69 Å². The summed E-state index contributed by atoms with van der Waals surface area (Å²) in [7, 11) is 0. The van der Waals surface area contributed by atoms with Gasteiger partial charge in [-0.05, 0) is 37.0 Å². The highest BCUT2D eigenvalue weighted by atomic mass is 35.5. The van der Waals surface area contributed by atoms with Crippen LogP contribution in [-0.2, 0) is 23.2 Å². The van der Waals surface area contributed by atoms with Crippen molar-refractivity contribution >= 4 is 35.0 Å². The smallest absolute Gasteiger partial charge is 0.258 e. The van der Waals surface area contributed by atoms with Gasteiger partial charge in [-0.25, -0.2) is 4.98 Å². The zero-order valence-electron chi connectivity index (χ0n) is 18.9. The quantitative estimate of drug-likeness (QED) is 0.267. The molecular weight excluding hydrogens is 466 g/mol. The number of hydrogen-bond acceptors (Lipinski definition) is 4. The summed E-state index contributed by atoms with van der Waals surface area (Å²) < 4.78 is 1.67. The van der Waals surface area contributed by atoms with Crippen molar-refractivity contribution in [2.24, 2.45) is 0 Å². The number of thioether (sulfide) groups is 1. The second kappa shape index (κ2) is 9.43. The molecule has 1 spiro atoms. The van der Waals surface area contributed by atoms with E-state index in [1.54, 1.807) is 22.8 Å². The summed E-state index contributed by atoms with van der Waals surface area (Å²) in [4.78, 5) is 31.6. The Morgan fingerprint density at radius 3 is 2.68 bits per heavy atom. The van der Waals surface area contributed by atoms with Gasteiger partial charge in [0.05, 0.1) is 27.7 Å². The Morgan fingerprint density at radius 2 is 1.91 bits per heavy atom. The summed E-state index contributed by atoms with van der Waals surface area (Å²) in [6.07, 6.45) is 6.86. The molecule has 1 saturated carbocycles. The lowest BCUT2D eigenvalue weighted by Gasteiger charge is -2.36. The van der Waals surface area contributed by atoms with E-state index in [1.165, 1.54) is 17.3 Å². The number of rotatable bonds is 6. The Labute approximate surface area is 208 Å². The molecule has 0 atom stereocenters. The van der Waals surface area contributed by atoms with Crippen molar-refractivity contribution in [2.45, 2.75) is 49.2 Å². The number of carbonyl (C=O) groups is 1. The first kappa shape index (κ1) is 22.9. The van der Waals surface area contributed by atoms with Crippen LogP contribution in [0.1, 0.15) is 36.8 Å². The standard InChI is InChI=1S/C27H26ClN3O2S/c1-2-15-31-25(33)23-24(19-10-4-3-9-18(19)16-27(23)13-7-8-14-27)30-26(31)34-17-22(32)29-21-12-6-5-11-20(21)28/h2-6,9-12H,1,7-8,13-17H2,(H,29,32). The minimum atomic E-state index is -0.206. The SMILES string of the molecule is C=CCn1c(SCC(=O)Nc2ccccc2Cl)nc2c(c1=O)C1(CCCC1)Cc1ccccc1-2. The molecule has 0 radical (unpaired) electrons. The third-order valence-corrected chi connectivity index (χ3v) is 8.12. The molecule has 34 heavy (non-hydrogen) atoms. The summed E-state index contributed by atoms with van der Waals surface area (Å²) in [5.41, 5.74) is 4.31. The summed E-state index contributed by atoms with van der Waals surface area (Å²) >= 11 is 7.43. The predicted octanol–water partition coefficient (Wildman–Crippen LogP) is 5.85. The van der Waals surface area contributed by atoms with E-state index in [0.29, 0.717) is 22.4 Å². The van der Waals surface area contributed by atoms with Gasteiger partial charge in [0.15, 0.2) is 5.16 Å². The molecule has 2 aliphatic carbocycles. The average molecular weight is 492 g/mol. The molecule has 1 N–H and O–H groups in total. The topological polar surface area (TPSA) is 64.0 Å². The highest BCUT2D eigenvalue weighted by Gasteiger charge is 2.44. The van der Waals surface area contributed by atoms with Crippen molar-refractivity contribution in [3.05, 3.63) is 87.7 Å². The predicted molar refractivity (Wildman–Crippen MR) is 139 cm³/mol. The number of nitrogens with zero attached hydrogens (tertiary/aromatic N) is 2. The highest BCUT2D eigenvalue weighted by Crippen LogP contribution is 2.49. The van der Waals surface area contributed by atoms with Gasteiger partial charge in [-0.15, -0.1) is 6.58 Å². The number of nitrogens with one attached hydrogen (secondary N) is 1. The number of amides is 1. The number of carbonyl (C=O) groups excluding carboxylic acids is 1. The molecule has 5 nitrogen and oxygen atoms in total. The Bertz CT molecular complexity index is 1330. The minimum absolute atomic E-state index is 0.00434. The minimum Gasteiger partial charge on any atom is -0.324 e. The number of fused-ring (bicyclic) bond motifs is 4. The number of benzene rings is 2. The molecule has 5 rings (SSSR count). The van der Waals surface area contributed by atoms with Gasteiger partial charge in [0.2, 0.25) is 5.91 Å². The van der Waals surface area contributed by atoms with E-state index >= 15 is 0 Å². The molecule has 2 aliphatic rings. The monoisotopic (exact) mass is 491 g/mol. The second-order valence-corrected chi connectivity index (χ2v) is 10.3. The number of allylic oxidation sites excluding steroid dienone is 1. The third-order valence-electron chi connectivity index (χ3n) is 6.82. The molecule has 3 aromatic rings. The maximum absolute atomic E-state index is 13.9. The average Bonchev–Trinajstić information content (AvgIpc) is 3.29. The van der Waals surface area contributed by atoms with Crippen molar-refractivity contribution in [1.29, 1.82) is 0 Å². The number of anilines is 1. The summed E-state index contributed by atoms with van der Waals surface area (Å²) in [6, 6.07) is 15.4. The van der Waals surface area contributed by atoms with Crippen LogP contribution in [0.3, 0.4) is 0 Å². The van der Waals surface area contributed by atoms with Crippen LogP contribution in [-0.4, -0.2) is 21.2 Å². The zero-order chi connectivity index (χ0) is 23.7. The van der Waals surface area contributed by atoms with Crippen molar-refractivity contribution in [2.75, 3.05) is 11.1 Å². The Balaban J connectivity index is 1.53. The first-order chi connectivity index (χ1) is 16.5. The van der Waals surface area contributed by atoms with Crippen LogP contribution in [0.5, 0.6) is 0 Å². The molecule has 1 aromatic heterocycles. The zero-order valence-corrected chi connectivity index (χ0v) is 20.4. The van der Waals surface area contributed by atoms with Gasteiger partial charge >= 0.3 is 0 Å². The van der Waals surface area contributed by atoms with Crippen LogP contribution in [0.15, 0.2) is 71.1 Å². The third kappa shape index (κ3) is 4.10. The molecule has 1 fully saturated rings. The summed E-state index contributed by atoms with van der Waals surface area (Å²) in [5.74, 6) is -0.0942. The van der Waals surface area contributed by atoms with Gasteiger partial charge in [-0.3, -0.25) is 14.2 Å². The largest absolute Gasteiger partial charge is 0.324 e. The lowest BCUT2D eigenvalue weighted by molar-refractivity contribution is -0.113.